The Labute approximate surface area is 160 Å². The summed E-state index contributed by atoms with van der Waals surface area (Å²) in [5.41, 5.74) is -0.327. The van der Waals surface area contributed by atoms with Crippen LogP contribution in [0.5, 0.6) is 5.75 Å². The number of Topliss-reactive ketones (excluding diaryl/α,β-unsaturated/α-hetero) is 1. The number of ether oxygens (including phenoxy) is 1. The van der Waals surface area contributed by atoms with Crippen molar-refractivity contribution in [2.75, 3.05) is 18.1 Å². The maximum absolute atomic E-state index is 12.8. The van der Waals surface area contributed by atoms with E-state index in [-0.39, 0.29) is 12.2 Å². The van der Waals surface area contributed by atoms with Crippen molar-refractivity contribution in [3.8, 4) is 5.75 Å². The van der Waals surface area contributed by atoms with Crippen molar-refractivity contribution in [1.82, 2.24) is 0 Å². The molecule has 0 unspecified atom stereocenters. The predicted octanol–water partition coefficient (Wildman–Crippen LogP) is 3.67. The second-order valence-corrected chi connectivity index (χ2v) is 7.04. The van der Waals surface area contributed by atoms with Crippen LogP contribution in [0.1, 0.15) is 36.2 Å². The molecule has 2 aromatic rings. The number of aliphatic hydroxyl groups is 1. The fraction of sp³-hybridized carbons (Fsp3) is 0.300. The summed E-state index contributed by atoms with van der Waals surface area (Å²) in [5.74, 6) is -0.0914. The van der Waals surface area contributed by atoms with Crippen LogP contribution in [0.15, 0.2) is 46.9 Å². The van der Waals surface area contributed by atoms with E-state index in [4.69, 9.17) is 4.74 Å². The zero-order chi connectivity index (χ0) is 18.9. The number of nitrogens with zero attached hydrogens (tertiary/aromatic N) is 1. The van der Waals surface area contributed by atoms with Crippen LogP contribution in [-0.2, 0) is 10.4 Å². The number of hydrogen-bond acceptors (Lipinski definition) is 4. The molecule has 136 valence electrons. The lowest BCUT2D eigenvalue weighted by Gasteiger charge is -2.22. The first kappa shape index (κ1) is 18.6. The fourth-order valence-electron chi connectivity index (χ4n) is 3.25. The number of rotatable bonds is 6. The number of anilines is 1. The molecular formula is C20H20BrNO4. The van der Waals surface area contributed by atoms with E-state index in [1.54, 1.807) is 36.4 Å². The third-order valence-electron chi connectivity index (χ3n) is 4.51. The number of carbonyl (C=O) groups is 2. The molecule has 5 nitrogen and oxygen atoms in total. The van der Waals surface area contributed by atoms with Crippen LogP contribution in [-0.4, -0.2) is 29.9 Å². The molecule has 1 N–H and O–H groups in total. The number of hydrogen-bond donors (Lipinski definition) is 1. The number of amides is 1. The van der Waals surface area contributed by atoms with Gasteiger partial charge in [-0.3, -0.25) is 9.59 Å². The molecule has 1 amide bonds. The Morgan fingerprint density at radius 3 is 2.50 bits per heavy atom. The average molecular weight is 418 g/mol. The summed E-state index contributed by atoms with van der Waals surface area (Å²) in [6, 6.07) is 12.0. The largest absolute Gasteiger partial charge is 0.494 e. The smallest absolute Gasteiger partial charge is 0.264 e. The lowest BCUT2D eigenvalue weighted by Crippen LogP contribution is -2.41. The molecule has 0 spiro atoms. The van der Waals surface area contributed by atoms with Crippen molar-refractivity contribution in [3.05, 3.63) is 58.1 Å². The van der Waals surface area contributed by atoms with Gasteiger partial charge in [0, 0.05) is 22.1 Å². The van der Waals surface area contributed by atoms with E-state index in [1.165, 1.54) is 4.90 Å². The molecule has 2 aromatic carbocycles. The van der Waals surface area contributed by atoms with Gasteiger partial charge in [-0.1, -0.05) is 15.9 Å². The molecule has 1 aliphatic heterocycles. The summed E-state index contributed by atoms with van der Waals surface area (Å²) < 4.78 is 6.12. The minimum absolute atomic E-state index is 0.298. The predicted molar refractivity (Wildman–Crippen MR) is 103 cm³/mol. The summed E-state index contributed by atoms with van der Waals surface area (Å²) in [7, 11) is 0. The van der Waals surface area contributed by atoms with Crippen LogP contribution in [0, 0.1) is 0 Å². The highest BCUT2D eigenvalue weighted by Crippen LogP contribution is 2.44. The van der Waals surface area contributed by atoms with Crippen molar-refractivity contribution in [2.24, 2.45) is 0 Å². The second-order valence-electron chi connectivity index (χ2n) is 6.13. The normalized spacial score (nSPS) is 18.8. The number of carbonyl (C=O) groups excluding carboxylic acids is 2. The van der Waals surface area contributed by atoms with Gasteiger partial charge in [-0.15, -0.1) is 0 Å². The summed E-state index contributed by atoms with van der Waals surface area (Å²) in [6.45, 7) is 4.69. The molecule has 1 aliphatic rings. The van der Waals surface area contributed by atoms with Gasteiger partial charge < -0.3 is 14.7 Å². The summed E-state index contributed by atoms with van der Waals surface area (Å²) >= 11 is 3.37. The van der Waals surface area contributed by atoms with Gasteiger partial charge in [0.25, 0.3) is 5.91 Å². The topological polar surface area (TPSA) is 66.8 Å². The third kappa shape index (κ3) is 3.15. The molecule has 0 saturated carbocycles. The molecule has 6 heteroatoms. The molecular weight excluding hydrogens is 398 g/mol. The first-order chi connectivity index (χ1) is 12.4. The van der Waals surface area contributed by atoms with Crippen LogP contribution in [0.4, 0.5) is 5.69 Å². The maximum atomic E-state index is 12.8. The molecule has 0 bridgehead atoms. The molecule has 0 fully saturated rings. The van der Waals surface area contributed by atoms with Gasteiger partial charge in [-0.2, -0.15) is 0 Å². The Hall–Kier alpha value is -2.18. The lowest BCUT2D eigenvalue weighted by atomic mass is 9.88. The van der Waals surface area contributed by atoms with Crippen LogP contribution in [0.3, 0.4) is 0 Å². The van der Waals surface area contributed by atoms with Crippen LogP contribution in [0.25, 0.3) is 0 Å². The molecule has 0 aromatic heterocycles. The third-order valence-corrected chi connectivity index (χ3v) is 5.01. The zero-order valence-electron chi connectivity index (χ0n) is 14.7. The quantitative estimate of drug-likeness (QED) is 0.727. The van der Waals surface area contributed by atoms with Gasteiger partial charge in [0.1, 0.15) is 5.75 Å². The average Bonchev–Trinajstić information content (AvgIpc) is 2.83. The second kappa shape index (κ2) is 7.21. The number of benzene rings is 2. The van der Waals surface area contributed by atoms with Crippen molar-refractivity contribution in [1.29, 1.82) is 0 Å². The zero-order valence-corrected chi connectivity index (χ0v) is 16.2. The Bertz CT molecular complexity index is 849. The number of fused-ring (bicyclic) bond motifs is 1. The highest BCUT2D eigenvalue weighted by atomic mass is 79.9. The van der Waals surface area contributed by atoms with Gasteiger partial charge in [0.05, 0.1) is 18.7 Å². The highest BCUT2D eigenvalue weighted by Gasteiger charge is 2.50. The lowest BCUT2D eigenvalue weighted by molar-refractivity contribution is -0.135. The van der Waals surface area contributed by atoms with Crippen molar-refractivity contribution >= 4 is 33.3 Å². The van der Waals surface area contributed by atoms with Crippen LogP contribution in [0.2, 0.25) is 0 Å². The Balaban J connectivity index is 1.92. The standard InChI is InChI=1S/C20H20BrNO4/c1-3-22-17-10-7-14(21)11-16(17)20(25,19(22)24)12-18(23)13-5-8-15(9-6-13)26-4-2/h5-11,25H,3-4,12H2,1-2H3/t20-/m0/s1. The van der Waals surface area contributed by atoms with E-state index in [0.717, 1.165) is 4.47 Å². The maximum Gasteiger partial charge on any atom is 0.264 e. The van der Waals surface area contributed by atoms with Crippen molar-refractivity contribution < 1.29 is 19.4 Å². The summed E-state index contributed by atoms with van der Waals surface area (Å²) in [6.07, 6.45) is -0.306. The first-order valence-electron chi connectivity index (χ1n) is 8.51. The number of halogens is 1. The van der Waals surface area contributed by atoms with Gasteiger partial charge in [0.15, 0.2) is 11.4 Å². The van der Waals surface area contributed by atoms with E-state index < -0.39 is 11.5 Å². The van der Waals surface area contributed by atoms with Gasteiger partial charge >= 0.3 is 0 Å². The van der Waals surface area contributed by atoms with E-state index >= 15 is 0 Å². The molecule has 0 saturated heterocycles. The molecule has 0 radical (unpaired) electrons. The minimum atomic E-state index is -1.86. The van der Waals surface area contributed by atoms with Gasteiger partial charge in [-0.25, -0.2) is 0 Å². The molecule has 0 aliphatic carbocycles. The summed E-state index contributed by atoms with van der Waals surface area (Å²) in [5, 5.41) is 11.2. The molecule has 3 rings (SSSR count). The van der Waals surface area contributed by atoms with Gasteiger partial charge in [-0.05, 0) is 56.3 Å². The minimum Gasteiger partial charge on any atom is -0.494 e. The molecule has 1 atom stereocenters. The van der Waals surface area contributed by atoms with E-state index in [1.807, 2.05) is 19.9 Å². The number of likely N-dealkylation sites (N-methyl/N-ethyl adjacent to an activating group) is 1. The van der Waals surface area contributed by atoms with Crippen LogP contribution < -0.4 is 9.64 Å². The SMILES string of the molecule is CCOc1ccc(C(=O)C[C@@]2(O)C(=O)N(CC)c3ccc(Br)cc32)cc1. The molecule has 26 heavy (non-hydrogen) atoms. The summed E-state index contributed by atoms with van der Waals surface area (Å²) in [4.78, 5) is 27.1. The first-order valence-corrected chi connectivity index (χ1v) is 9.30. The molecule has 1 heterocycles. The fourth-order valence-corrected chi connectivity index (χ4v) is 3.61. The van der Waals surface area contributed by atoms with E-state index in [0.29, 0.717) is 35.7 Å². The highest BCUT2D eigenvalue weighted by molar-refractivity contribution is 9.10. The Morgan fingerprint density at radius 2 is 1.88 bits per heavy atom. The van der Waals surface area contributed by atoms with E-state index in [9.17, 15) is 14.7 Å². The Kier molecular flexibility index (Phi) is 5.16. The van der Waals surface area contributed by atoms with Crippen molar-refractivity contribution in [2.45, 2.75) is 25.9 Å². The van der Waals surface area contributed by atoms with Gasteiger partial charge in [0.2, 0.25) is 0 Å². The van der Waals surface area contributed by atoms with Crippen LogP contribution >= 0.6 is 15.9 Å². The Morgan fingerprint density at radius 1 is 1.19 bits per heavy atom. The monoisotopic (exact) mass is 417 g/mol. The van der Waals surface area contributed by atoms with E-state index in [2.05, 4.69) is 15.9 Å². The number of ketones is 1. The van der Waals surface area contributed by atoms with Crippen molar-refractivity contribution in [3.63, 3.8) is 0 Å².